The average Bonchev–Trinajstić information content (AvgIpc) is 2.91. The van der Waals surface area contributed by atoms with Crippen LogP contribution >= 0.6 is 43.2 Å². The van der Waals surface area contributed by atoms with Gasteiger partial charge in [-0.05, 0) is 76.1 Å². The summed E-state index contributed by atoms with van der Waals surface area (Å²) >= 11 is 9.04. The molecule has 5 heteroatoms. The molecule has 2 nitrogen and oxygen atoms in total. The van der Waals surface area contributed by atoms with Gasteiger partial charge in [-0.3, -0.25) is 4.90 Å². The molecule has 2 heterocycles. The second kappa shape index (κ2) is 6.56. The molecule has 1 saturated heterocycles. The van der Waals surface area contributed by atoms with Crippen LogP contribution in [0.15, 0.2) is 14.3 Å². The summed E-state index contributed by atoms with van der Waals surface area (Å²) in [6.07, 6.45) is 5.57. The van der Waals surface area contributed by atoms with E-state index in [2.05, 4.69) is 48.1 Å². The van der Waals surface area contributed by atoms with Crippen molar-refractivity contribution in [2.45, 2.75) is 38.3 Å². The van der Waals surface area contributed by atoms with Gasteiger partial charge in [0.15, 0.2) is 0 Å². The van der Waals surface area contributed by atoms with E-state index in [9.17, 15) is 0 Å². The summed E-state index contributed by atoms with van der Waals surface area (Å²) in [6.45, 7) is 4.80. The molecule has 0 bridgehead atoms. The van der Waals surface area contributed by atoms with Gasteiger partial charge in [0.05, 0.1) is 3.79 Å². The zero-order chi connectivity index (χ0) is 13.2. The van der Waals surface area contributed by atoms with Gasteiger partial charge in [0.25, 0.3) is 0 Å². The third-order valence-corrected chi connectivity index (χ3v) is 7.17. The first-order valence-corrected chi connectivity index (χ1v) is 9.50. The number of nitrogens with zero attached hydrogens (tertiary/aromatic N) is 1. The van der Waals surface area contributed by atoms with Crippen molar-refractivity contribution in [2.24, 2.45) is 5.92 Å². The Bertz CT molecular complexity index is 406. The molecule has 1 aliphatic heterocycles. The van der Waals surface area contributed by atoms with Crippen LogP contribution in [0.25, 0.3) is 0 Å². The van der Waals surface area contributed by atoms with Crippen LogP contribution in [0.1, 0.15) is 30.6 Å². The zero-order valence-corrected chi connectivity index (χ0v) is 15.0. The number of halogens is 2. The van der Waals surface area contributed by atoms with E-state index >= 15 is 0 Å². The molecule has 3 rings (SSSR count). The van der Waals surface area contributed by atoms with Crippen LogP contribution in [0.4, 0.5) is 0 Å². The number of hydrogen-bond donors (Lipinski definition) is 1. The van der Waals surface area contributed by atoms with Crippen molar-refractivity contribution in [3.8, 4) is 0 Å². The van der Waals surface area contributed by atoms with Gasteiger partial charge in [-0.25, -0.2) is 0 Å². The summed E-state index contributed by atoms with van der Waals surface area (Å²) < 4.78 is 2.41. The van der Waals surface area contributed by atoms with Crippen molar-refractivity contribution >= 4 is 43.2 Å². The largest absolute Gasteiger partial charge is 0.313 e. The highest BCUT2D eigenvalue weighted by atomic mass is 79.9. The Balaban J connectivity index is 1.60. The maximum atomic E-state index is 3.63. The van der Waals surface area contributed by atoms with Gasteiger partial charge in [-0.2, -0.15) is 0 Å². The van der Waals surface area contributed by atoms with E-state index in [0.717, 1.165) is 12.5 Å². The van der Waals surface area contributed by atoms with Crippen LogP contribution in [-0.2, 0) is 6.54 Å². The molecular weight excluding hydrogens is 388 g/mol. The highest BCUT2D eigenvalue weighted by Gasteiger charge is 2.26. The third kappa shape index (κ3) is 4.27. The van der Waals surface area contributed by atoms with E-state index in [-0.39, 0.29) is 0 Å². The minimum Gasteiger partial charge on any atom is -0.313 e. The lowest BCUT2D eigenvalue weighted by Crippen LogP contribution is -2.38. The van der Waals surface area contributed by atoms with Crippen molar-refractivity contribution in [1.82, 2.24) is 10.2 Å². The van der Waals surface area contributed by atoms with Gasteiger partial charge in [0, 0.05) is 35.0 Å². The van der Waals surface area contributed by atoms with Crippen molar-refractivity contribution < 1.29 is 0 Å². The SMILES string of the molecule is Brc1cc(CN(CC2CC2)CC2CCCN2)sc1Br. The van der Waals surface area contributed by atoms with E-state index in [0.29, 0.717) is 6.04 Å². The summed E-state index contributed by atoms with van der Waals surface area (Å²) in [7, 11) is 0. The molecule has 2 aliphatic rings. The quantitative estimate of drug-likeness (QED) is 0.758. The molecule has 1 saturated carbocycles. The number of hydrogen-bond acceptors (Lipinski definition) is 3. The Hall–Kier alpha value is 0.580. The topological polar surface area (TPSA) is 15.3 Å². The van der Waals surface area contributed by atoms with Crippen molar-refractivity contribution in [3.63, 3.8) is 0 Å². The van der Waals surface area contributed by atoms with Gasteiger partial charge < -0.3 is 5.32 Å². The molecule has 0 spiro atoms. The predicted molar refractivity (Wildman–Crippen MR) is 88.7 cm³/mol. The molecule has 2 fully saturated rings. The van der Waals surface area contributed by atoms with Crippen LogP contribution in [0, 0.1) is 5.92 Å². The number of nitrogens with one attached hydrogen (secondary N) is 1. The predicted octanol–water partition coefficient (Wildman–Crippen LogP) is 4.24. The van der Waals surface area contributed by atoms with E-state index in [1.54, 1.807) is 0 Å². The Morgan fingerprint density at radius 3 is 2.68 bits per heavy atom. The molecule has 1 aromatic heterocycles. The normalized spacial score (nSPS) is 23.4. The second-order valence-electron chi connectivity index (χ2n) is 5.77. The lowest BCUT2D eigenvalue weighted by molar-refractivity contribution is 0.233. The van der Waals surface area contributed by atoms with E-state index in [1.807, 2.05) is 11.3 Å². The monoisotopic (exact) mass is 406 g/mol. The van der Waals surface area contributed by atoms with Crippen molar-refractivity contribution in [2.75, 3.05) is 19.6 Å². The highest BCUT2D eigenvalue weighted by molar-refractivity contribution is 9.13. The Morgan fingerprint density at radius 2 is 2.11 bits per heavy atom. The first kappa shape index (κ1) is 14.5. The molecule has 0 aromatic carbocycles. The van der Waals surface area contributed by atoms with Gasteiger partial charge >= 0.3 is 0 Å². The van der Waals surface area contributed by atoms with Crippen LogP contribution < -0.4 is 5.32 Å². The Morgan fingerprint density at radius 1 is 1.26 bits per heavy atom. The molecule has 1 unspecified atom stereocenters. The fourth-order valence-electron chi connectivity index (χ4n) is 2.78. The molecular formula is C14H20Br2N2S. The van der Waals surface area contributed by atoms with Gasteiger partial charge in [0.1, 0.15) is 0 Å². The summed E-state index contributed by atoms with van der Waals surface area (Å²) in [4.78, 5) is 4.11. The van der Waals surface area contributed by atoms with Gasteiger partial charge in [-0.15, -0.1) is 11.3 Å². The zero-order valence-electron chi connectivity index (χ0n) is 11.0. The highest BCUT2D eigenvalue weighted by Crippen LogP contribution is 2.34. The molecule has 0 radical (unpaired) electrons. The first-order chi connectivity index (χ1) is 9.20. The summed E-state index contributed by atoms with van der Waals surface area (Å²) in [5, 5.41) is 3.63. The smallest absolute Gasteiger partial charge is 0.0843 e. The molecule has 1 aromatic rings. The second-order valence-corrected chi connectivity index (χ2v) is 9.07. The van der Waals surface area contributed by atoms with Crippen LogP contribution in [0.2, 0.25) is 0 Å². The lowest BCUT2D eigenvalue weighted by atomic mass is 10.2. The fourth-order valence-corrected chi connectivity index (χ4v) is 5.00. The first-order valence-electron chi connectivity index (χ1n) is 7.10. The third-order valence-electron chi connectivity index (χ3n) is 3.93. The molecule has 1 N–H and O–H groups in total. The van der Waals surface area contributed by atoms with Crippen molar-refractivity contribution in [1.29, 1.82) is 0 Å². The lowest BCUT2D eigenvalue weighted by Gasteiger charge is -2.25. The number of rotatable bonds is 6. The molecule has 0 amide bonds. The van der Waals surface area contributed by atoms with Crippen LogP contribution in [0.5, 0.6) is 0 Å². The van der Waals surface area contributed by atoms with Gasteiger partial charge in [0.2, 0.25) is 0 Å². The fraction of sp³-hybridized carbons (Fsp3) is 0.714. The van der Waals surface area contributed by atoms with Crippen LogP contribution in [0.3, 0.4) is 0 Å². The Labute approximate surface area is 136 Å². The van der Waals surface area contributed by atoms with E-state index in [1.165, 1.54) is 58.5 Å². The maximum Gasteiger partial charge on any atom is 0.0843 e. The van der Waals surface area contributed by atoms with E-state index < -0.39 is 0 Å². The number of thiophene rings is 1. The molecule has 1 atom stereocenters. The van der Waals surface area contributed by atoms with Crippen molar-refractivity contribution in [3.05, 3.63) is 19.2 Å². The maximum absolute atomic E-state index is 3.63. The summed E-state index contributed by atoms with van der Waals surface area (Å²) in [5.41, 5.74) is 0. The van der Waals surface area contributed by atoms with Gasteiger partial charge in [-0.1, -0.05) is 0 Å². The summed E-state index contributed by atoms with van der Waals surface area (Å²) in [5.74, 6) is 0.966. The average molecular weight is 408 g/mol. The van der Waals surface area contributed by atoms with Crippen LogP contribution in [-0.4, -0.2) is 30.6 Å². The summed E-state index contributed by atoms with van der Waals surface area (Å²) in [6, 6.07) is 2.97. The minimum absolute atomic E-state index is 0.714. The standard InChI is InChI=1S/C14H20Br2N2S/c15-13-6-12(19-14(13)16)9-18(7-10-3-4-10)8-11-2-1-5-17-11/h6,10-11,17H,1-5,7-9H2. The minimum atomic E-state index is 0.714. The molecule has 19 heavy (non-hydrogen) atoms. The molecule has 106 valence electrons. The Kier molecular flexibility index (Phi) is 5.01. The molecule has 1 aliphatic carbocycles. The van der Waals surface area contributed by atoms with E-state index in [4.69, 9.17) is 0 Å².